The van der Waals surface area contributed by atoms with Crippen LogP contribution in [0.3, 0.4) is 0 Å². The Hall–Kier alpha value is -1.87. The van der Waals surface area contributed by atoms with Crippen molar-refractivity contribution in [1.82, 2.24) is 0 Å². The molecule has 100 valence electrons. The van der Waals surface area contributed by atoms with Crippen molar-refractivity contribution in [2.45, 2.75) is 19.9 Å². The van der Waals surface area contributed by atoms with Gasteiger partial charge in [-0.05, 0) is 37.6 Å². The van der Waals surface area contributed by atoms with Crippen LogP contribution in [-0.4, -0.2) is 6.61 Å². The number of rotatable bonds is 4. The third kappa shape index (κ3) is 2.93. The maximum absolute atomic E-state index is 14.0. The Morgan fingerprint density at radius 1 is 1.16 bits per heavy atom. The number of para-hydroxylation sites is 1. The first-order valence-corrected chi connectivity index (χ1v) is 6.40. The van der Waals surface area contributed by atoms with Crippen molar-refractivity contribution < 1.29 is 9.13 Å². The van der Waals surface area contributed by atoms with Crippen molar-refractivity contribution >= 4 is 0 Å². The lowest BCUT2D eigenvalue weighted by Crippen LogP contribution is -2.05. The summed E-state index contributed by atoms with van der Waals surface area (Å²) >= 11 is 0. The van der Waals surface area contributed by atoms with Crippen LogP contribution >= 0.6 is 0 Å². The predicted molar refractivity (Wildman–Crippen MR) is 75.6 cm³/mol. The highest BCUT2D eigenvalue weighted by Gasteiger charge is 2.12. The number of nitrogens with two attached hydrogens (primary N) is 1. The van der Waals surface area contributed by atoms with E-state index in [0.29, 0.717) is 17.9 Å². The summed E-state index contributed by atoms with van der Waals surface area (Å²) in [6.07, 6.45) is 0. The Labute approximate surface area is 113 Å². The zero-order valence-electron chi connectivity index (χ0n) is 11.2. The minimum Gasteiger partial charge on any atom is -0.493 e. The van der Waals surface area contributed by atoms with Gasteiger partial charge in [-0.15, -0.1) is 0 Å². The van der Waals surface area contributed by atoms with E-state index in [1.807, 2.05) is 38.1 Å². The van der Waals surface area contributed by atoms with Gasteiger partial charge in [0, 0.05) is 17.2 Å². The average molecular weight is 259 g/mol. The van der Waals surface area contributed by atoms with E-state index >= 15 is 0 Å². The Bertz CT molecular complexity index is 566. The van der Waals surface area contributed by atoms with Gasteiger partial charge in [-0.25, -0.2) is 4.39 Å². The van der Waals surface area contributed by atoms with Crippen molar-refractivity contribution in [3.05, 3.63) is 53.8 Å². The number of halogens is 1. The van der Waals surface area contributed by atoms with Gasteiger partial charge in [0.15, 0.2) is 0 Å². The summed E-state index contributed by atoms with van der Waals surface area (Å²) in [5.74, 6) is 0.419. The molecule has 0 radical (unpaired) electrons. The number of hydrogen-bond acceptors (Lipinski definition) is 2. The lowest BCUT2D eigenvalue weighted by atomic mass is 9.99. The van der Waals surface area contributed by atoms with Crippen LogP contribution in [0, 0.1) is 5.82 Å². The summed E-state index contributed by atoms with van der Waals surface area (Å²) in [6.45, 7) is 4.34. The minimum atomic E-state index is -0.267. The second-order valence-electron chi connectivity index (χ2n) is 4.46. The number of ether oxygens (including phenoxy) is 1. The zero-order valence-corrected chi connectivity index (χ0v) is 11.2. The van der Waals surface area contributed by atoms with Gasteiger partial charge >= 0.3 is 0 Å². The van der Waals surface area contributed by atoms with E-state index in [-0.39, 0.29) is 11.9 Å². The lowest BCUT2D eigenvalue weighted by Gasteiger charge is -2.13. The molecule has 0 aromatic heterocycles. The topological polar surface area (TPSA) is 35.2 Å². The van der Waals surface area contributed by atoms with Gasteiger partial charge < -0.3 is 10.5 Å². The molecule has 0 aliphatic heterocycles. The van der Waals surface area contributed by atoms with Gasteiger partial charge in [0.1, 0.15) is 11.6 Å². The Kier molecular flexibility index (Phi) is 4.17. The summed E-state index contributed by atoms with van der Waals surface area (Å²) < 4.78 is 19.6. The zero-order chi connectivity index (χ0) is 13.8. The monoisotopic (exact) mass is 259 g/mol. The predicted octanol–water partition coefficient (Wildman–Crippen LogP) is 3.91. The van der Waals surface area contributed by atoms with Gasteiger partial charge in [0.05, 0.1) is 6.61 Å². The van der Waals surface area contributed by atoms with Crippen LogP contribution in [0.2, 0.25) is 0 Å². The molecule has 0 aliphatic carbocycles. The second kappa shape index (κ2) is 5.85. The molecule has 0 saturated carbocycles. The van der Waals surface area contributed by atoms with E-state index in [9.17, 15) is 4.39 Å². The smallest absolute Gasteiger partial charge is 0.131 e. The second-order valence-corrected chi connectivity index (χ2v) is 4.46. The van der Waals surface area contributed by atoms with E-state index in [1.54, 1.807) is 12.1 Å². The molecule has 2 aromatic rings. The van der Waals surface area contributed by atoms with Gasteiger partial charge in [0.2, 0.25) is 0 Å². The molecule has 0 fully saturated rings. The molecule has 1 atom stereocenters. The molecule has 19 heavy (non-hydrogen) atoms. The van der Waals surface area contributed by atoms with Crippen LogP contribution < -0.4 is 10.5 Å². The molecule has 0 amide bonds. The van der Waals surface area contributed by atoms with Crippen LogP contribution in [-0.2, 0) is 0 Å². The first kappa shape index (κ1) is 13.6. The third-order valence-electron chi connectivity index (χ3n) is 2.99. The number of benzene rings is 2. The Morgan fingerprint density at radius 3 is 2.58 bits per heavy atom. The third-order valence-corrected chi connectivity index (χ3v) is 2.99. The molecule has 2 aromatic carbocycles. The van der Waals surface area contributed by atoms with Crippen LogP contribution in [0.5, 0.6) is 5.75 Å². The van der Waals surface area contributed by atoms with Crippen molar-refractivity contribution in [2.75, 3.05) is 6.61 Å². The maximum atomic E-state index is 14.0. The van der Waals surface area contributed by atoms with Gasteiger partial charge in [-0.1, -0.05) is 24.3 Å². The summed E-state index contributed by atoms with van der Waals surface area (Å²) in [4.78, 5) is 0. The van der Waals surface area contributed by atoms with Crippen molar-refractivity contribution in [2.24, 2.45) is 5.73 Å². The van der Waals surface area contributed by atoms with Crippen molar-refractivity contribution in [3.8, 4) is 16.9 Å². The molecule has 0 bridgehead atoms. The van der Waals surface area contributed by atoms with E-state index in [2.05, 4.69) is 0 Å². The quantitative estimate of drug-likeness (QED) is 0.903. The Balaban J connectivity index is 2.54. The van der Waals surface area contributed by atoms with Crippen LogP contribution in [0.15, 0.2) is 42.5 Å². The molecule has 1 unspecified atom stereocenters. The van der Waals surface area contributed by atoms with Crippen LogP contribution in [0.1, 0.15) is 25.5 Å². The maximum Gasteiger partial charge on any atom is 0.131 e. The highest BCUT2D eigenvalue weighted by molar-refractivity contribution is 5.71. The molecular weight excluding hydrogens is 241 g/mol. The highest BCUT2D eigenvalue weighted by atomic mass is 19.1. The van der Waals surface area contributed by atoms with E-state index in [0.717, 1.165) is 11.1 Å². The Morgan fingerprint density at radius 2 is 1.89 bits per heavy atom. The standard InChI is InChI=1S/C16H18FNO/c1-3-19-16-7-5-4-6-13(16)14-10-12(11(2)18)8-9-15(14)17/h4-11H,3,18H2,1-2H3. The summed E-state index contributed by atoms with van der Waals surface area (Å²) in [5, 5.41) is 0. The highest BCUT2D eigenvalue weighted by Crippen LogP contribution is 2.33. The fourth-order valence-corrected chi connectivity index (χ4v) is 2.00. The summed E-state index contributed by atoms with van der Waals surface area (Å²) in [7, 11) is 0. The van der Waals surface area contributed by atoms with Crippen LogP contribution in [0.25, 0.3) is 11.1 Å². The molecule has 2 N–H and O–H groups in total. The molecule has 0 saturated heterocycles. The van der Waals surface area contributed by atoms with E-state index in [1.165, 1.54) is 6.07 Å². The van der Waals surface area contributed by atoms with Crippen molar-refractivity contribution in [1.29, 1.82) is 0 Å². The molecule has 3 heteroatoms. The van der Waals surface area contributed by atoms with Crippen molar-refractivity contribution in [3.63, 3.8) is 0 Å². The number of hydrogen-bond donors (Lipinski definition) is 1. The first-order chi connectivity index (χ1) is 9.13. The lowest BCUT2D eigenvalue weighted by molar-refractivity contribution is 0.341. The summed E-state index contributed by atoms with van der Waals surface area (Å²) in [5.41, 5.74) is 8.04. The molecule has 0 aliphatic rings. The van der Waals surface area contributed by atoms with E-state index in [4.69, 9.17) is 10.5 Å². The normalized spacial score (nSPS) is 12.2. The molecular formula is C16H18FNO. The fraction of sp³-hybridized carbons (Fsp3) is 0.250. The van der Waals surface area contributed by atoms with Gasteiger partial charge in [-0.3, -0.25) is 0 Å². The molecule has 2 rings (SSSR count). The van der Waals surface area contributed by atoms with E-state index < -0.39 is 0 Å². The van der Waals surface area contributed by atoms with Gasteiger partial charge in [-0.2, -0.15) is 0 Å². The SMILES string of the molecule is CCOc1ccccc1-c1cc(C(C)N)ccc1F. The largest absolute Gasteiger partial charge is 0.493 e. The fourth-order valence-electron chi connectivity index (χ4n) is 2.00. The van der Waals surface area contributed by atoms with Gasteiger partial charge in [0.25, 0.3) is 0 Å². The average Bonchev–Trinajstić information content (AvgIpc) is 2.40. The first-order valence-electron chi connectivity index (χ1n) is 6.40. The molecule has 0 spiro atoms. The minimum absolute atomic E-state index is 0.126. The van der Waals surface area contributed by atoms with Crippen LogP contribution in [0.4, 0.5) is 4.39 Å². The molecule has 0 heterocycles. The summed E-state index contributed by atoms with van der Waals surface area (Å²) in [6, 6.07) is 12.3. The molecule has 2 nitrogen and oxygen atoms in total.